The van der Waals surface area contributed by atoms with E-state index in [-0.39, 0.29) is 16.6 Å². The van der Waals surface area contributed by atoms with Crippen LogP contribution in [0, 0.1) is 0 Å². The zero-order valence-electron chi connectivity index (χ0n) is 10.8. The number of thiophene rings is 1. The SMILES string of the molecule is CC(Nc1cccc(S(C)(=O)=O)c1N)c1cccs1. The molecule has 1 unspecified atom stereocenters. The van der Waals surface area contributed by atoms with E-state index in [1.54, 1.807) is 23.5 Å². The summed E-state index contributed by atoms with van der Waals surface area (Å²) >= 11 is 1.64. The number of para-hydroxylation sites is 1. The zero-order valence-corrected chi connectivity index (χ0v) is 12.4. The third kappa shape index (κ3) is 3.08. The molecule has 2 rings (SSSR count). The van der Waals surface area contributed by atoms with Crippen LogP contribution in [-0.2, 0) is 9.84 Å². The van der Waals surface area contributed by atoms with Gasteiger partial charge in [-0.3, -0.25) is 0 Å². The van der Waals surface area contributed by atoms with Gasteiger partial charge in [-0.05, 0) is 30.5 Å². The lowest BCUT2D eigenvalue weighted by molar-refractivity contribution is 0.602. The Hall–Kier alpha value is -1.53. The van der Waals surface area contributed by atoms with Gasteiger partial charge in [0, 0.05) is 11.1 Å². The largest absolute Gasteiger partial charge is 0.396 e. The molecule has 0 amide bonds. The van der Waals surface area contributed by atoms with E-state index in [0.717, 1.165) is 6.26 Å². The van der Waals surface area contributed by atoms with Crippen LogP contribution in [0.3, 0.4) is 0 Å². The standard InChI is InChI=1S/C13H16N2O2S2/c1-9(11-6-4-8-18-11)15-10-5-3-7-12(13(10)14)19(2,16)17/h3-9,15H,14H2,1-2H3. The Morgan fingerprint density at radius 2 is 2.00 bits per heavy atom. The van der Waals surface area contributed by atoms with Crippen molar-refractivity contribution >= 4 is 32.5 Å². The third-order valence-corrected chi connectivity index (χ3v) is 5.02. The number of nitrogens with one attached hydrogen (secondary N) is 1. The van der Waals surface area contributed by atoms with Gasteiger partial charge in [0.15, 0.2) is 9.84 Å². The highest BCUT2D eigenvalue weighted by Gasteiger charge is 2.15. The Bertz CT molecular complexity index is 664. The molecular formula is C13H16N2O2S2. The van der Waals surface area contributed by atoms with E-state index in [4.69, 9.17) is 5.73 Å². The van der Waals surface area contributed by atoms with Crippen LogP contribution in [0.1, 0.15) is 17.8 Å². The molecule has 6 heteroatoms. The highest BCUT2D eigenvalue weighted by atomic mass is 32.2. The van der Waals surface area contributed by atoms with Crippen LogP contribution in [-0.4, -0.2) is 14.7 Å². The number of anilines is 2. The molecule has 0 saturated heterocycles. The van der Waals surface area contributed by atoms with Gasteiger partial charge in [0.25, 0.3) is 0 Å². The van der Waals surface area contributed by atoms with Crippen LogP contribution in [0.4, 0.5) is 11.4 Å². The maximum absolute atomic E-state index is 11.6. The minimum atomic E-state index is -3.31. The predicted molar refractivity (Wildman–Crippen MR) is 80.3 cm³/mol. The Morgan fingerprint density at radius 3 is 2.58 bits per heavy atom. The summed E-state index contributed by atoms with van der Waals surface area (Å²) in [6.45, 7) is 2.01. The maximum atomic E-state index is 11.6. The van der Waals surface area contributed by atoms with Crippen molar-refractivity contribution in [1.82, 2.24) is 0 Å². The quantitative estimate of drug-likeness (QED) is 0.851. The first-order valence-electron chi connectivity index (χ1n) is 5.78. The molecule has 2 aromatic rings. The summed E-state index contributed by atoms with van der Waals surface area (Å²) in [5.74, 6) is 0. The lowest BCUT2D eigenvalue weighted by Crippen LogP contribution is -2.10. The number of sulfone groups is 1. The van der Waals surface area contributed by atoms with Gasteiger partial charge in [0.05, 0.1) is 22.3 Å². The average Bonchev–Trinajstić information content (AvgIpc) is 2.83. The lowest BCUT2D eigenvalue weighted by Gasteiger charge is -2.17. The fraction of sp³-hybridized carbons (Fsp3) is 0.231. The molecule has 1 heterocycles. The molecule has 19 heavy (non-hydrogen) atoms. The summed E-state index contributed by atoms with van der Waals surface area (Å²) in [5.41, 5.74) is 6.85. The van der Waals surface area contributed by atoms with Crippen molar-refractivity contribution in [1.29, 1.82) is 0 Å². The Morgan fingerprint density at radius 1 is 1.26 bits per heavy atom. The van der Waals surface area contributed by atoms with Crippen molar-refractivity contribution in [2.24, 2.45) is 0 Å². The third-order valence-electron chi connectivity index (χ3n) is 2.81. The topological polar surface area (TPSA) is 72.2 Å². The molecule has 0 spiro atoms. The van der Waals surface area contributed by atoms with Gasteiger partial charge in [-0.25, -0.2) is 8.42 Å². The van der Waals surface area contributed by atoms with E-state index < -0.39 is 9.84 Å². The highest BCUT2D eigenvalue weighted by Crippen LogP contribution is 2.30. The summed E-state index contributed by atoms with van der Waals surface area (Å²) < 4.78 is 23.2. The van der Waals surface area contributed by atoms with E-state index in [2.05, 4.69) is 5.32 Å². The molecule has 0 fully saturated rings. The molecule has 1 aromatic heterocycles. The fourth-order valence-electron chi connectivity index (χ4n) is 1.84. The van der Waals surface area contributed by atoms with Crippen molar-refractivity contribution < 1.29 is 8.42 Å². The number of hydrogen-bond acceptors (Lipinski definition) is 5. The zero-order chi connectivity index (χ0) is 14.0. The van der Waals surface area contributed by atoms with Crippen LogP contribution in [0.2, 0.25) is 0 Å². The summed E-state index contributed by atoms with van der Waals surface area (Å²) in [7, 11) is -3.31. The van der Waals surface area contributed by atoms with Gasteiger partial charge in [0.2, 0.25) is 0 Å². The molecule has 0 aliphatic heterocycles. The normalized spacial score (nSPS) is 13.2. The average molecular weight is 296 g/mol. The van der Waals surface area contributed by atoms with Crippen molar-refractivity contribution in [2.75, 3.05) is 17.3 Å². The Labute approximate surface area is 117 Å². The van der Waals surface area contributed by atoms with Gasteiger partial charge in [-0.1, -0.05) is 12.1 Å². The molecule has 0 aliphatic carbocycles. The molecule has 3 N–H and O–H groups in total. The fourth-order valence-corrected chi connectivity index (χ4v) is 3.40. The predicted octanol–water partition coefficient (Wildman–Crippen LogP) is 2.91. The molecule has 4 nitrogen and oxygen atoms in total. The molecule has 1 aromatic carbocycles. The number of nitrogen functional groups attached to an aromatic ring is 1. The molecule has 1 atom stereocenters. The molecule has 102 valence electrons. The number of rotatable bonds is 4. The van der Waals surface area contributed by atoms with Crippen LogP contribution < -0.4 is 11.1 Å². The monoisotopic (exact) mass is 296 g/mol. The smallest absolute Gasteiger partial charge is 0.177 e. The van der Waals surface area contributed by atoms with Crippen molar-refractivity contribution in [3.05, 3.63) is 40.6 Å². The van der Waals surface area contributed by atoms with Crippen molar-refractivity contribution in [3.63, 3.8) is 0 Å². The highest BCUT2D eigenvalue weighted by molar-refractivity contribution is 7.90. The molecule has 0 saturated carbocycles. The number of nitrogens with two attached hydrogens (primary N) is 1. The Kier molecular flexibility index (Phi) is 3.82. The molecule has 0 aliphatic rings. The van der Waals surface area contributed by atoms with E-state index in [9.17, 15) is 8.42 Å². The summed E-state index contributed by atoms with van der Waals surface area (Å²) in [4.78, 5) is 1.33. The number of benzene rings is 1. The summed E-state index contributed by atoms with van der Waals surface area (Å²) in [6.07, 6.45) is 1.16. The van der Waals surface area contributed by atoms with Gasteiger partial charge in [0.1, 0.15) is 0 Å². The van der Waals surface area contributed by atoms with Crippen molar-refractivity contribution in [3.8, 4) is 0 Å². The number of hydrogen-bond donors (Lipinski definition) is 2. The first-order chi connectivity index (χ1) is 8.89. The second kappa shape index (κ2) is 5.22. The van der Waals surface area contributed by atoms with Crippen LogP contribution in [0.15, 0.2) is 40.6 Å². The summed E-state index contributed by atoms with van der Waals surface area (Å²) in [6, 6.07) is 9.08. The van der Waals surface area contributed by atoms with Gasteiger partial charge < -0.3 is 11.1 Å². The van der Waals surface area contributed by atoms with Crippen molar-refractivity contribution in [2.45, 2.75) is 17.9 Å². The molecular weight excluding hydrogens is 280 g/mol. The molecule has 0 bridgehead atoms. The first kappa shape index (κ1) is 13.9. The second-order valence-corrected chi connectivity index (χ2v) is 7.33. The second-order valence-electron chi connectivity index (χ2n) is 4.37. The minimum absolute atomic E-state index is 0.0807. The minimum Gasteiger partial charge on any atom is -0.396 e. The summed E-state index contributed by atoms with van der Waals surface area (Å²) in [5, 5.41) is 5.25. The van der Waals surface area contributed by atoms with E-state index in [0.29, 0.717) is 5.69 Å². The van der Waals surface area contributed by atoms with Gasteiger partial charge in [-0.15, -0.1) is 11.3 Å². The lowest BCUT2D eigenvalue weighted by atomic mass is 10.2. The van der Waals surface area contributed by atoms with E-state index >= 15 is 0 Å². The molecule has 0 radical (unpaired) electrons. The van der Waals surface area contributed by atoms with Crippen LogP contribution >= 0.6 is 11.3 Å². The maximum Gasteiger partial charge on any atom is 0.177 e. The first-order valence-corrected chi connectivity index (χ1v) is 8.55. The van der Waals surface area contributed by atoms with Gasteiger partial charge in [-0.2, -0.15) is 0 Å². The van der Waals surface area contributed by atoms with Gasteiger partial charge >= 0.3 is 0 Å². The Balaban J connectivity index is 2.32. The van der Waals surface area contributed by atoms with E-state index in [1.807, 2.05) is 24.4 Å². The van der Waals surface area contributed by atoms with Crippen LogP contribution in [0.25, 0.3) is 0 Å². The van der Waals surface area contributed by atoms with Crippen LogP contribution in [0.5, 0.6) is 0 Å². The van der Waals surface area contributed by atoms with E-state index in [1.165, 1.54) is 10.9 Å².